The van der Waals surface area contributed by atoms with Crippen LogP contribution in [0.3, 0.4) is 0 Å². The van der Waals surface area contributed by atoms with Gasteiger partial charge in [0.25, 0.3) is 0 Å². The fourth-order valence-corrected chi connectivity index (χ4v) is 3.19. The number of para-hydroxylation sites is 2. The van der Waals surface area contributed by atoms with Gasteiger partial charge in [0.1, 0.15) is 5.52 Å². The van der Waals surface area contributed by atoms with Gasteiger partial charge in [0.05, 0.1) is 12.3 Å². The standard InChI is InChI=1S/C14H20N2O3S/c1-4-20(17,18)10-11(2)16(3)9-14-15-12-7-5-6-8-13(12)19-14/h5-8,11H,4,9-10H2,1-3H3. The molecule has 20 heavy (non-hydrogen) atoms. The first kappa shape index (κ1) is 15.0. The van der Waals surface area contributed by atoms with Gasteiger partial charge in [-0.25, -0.2) is 13.4 Å². The molecule has 0 fully saturated rings. The summed E-state index contributed by atoms with van der Waals surface area (Å²) in [7, 11) is -1.09. The largest absolute Gasteiger partial charge is 0.439 e. The molecule has 1 aromatic heterocycles. The van der Waals surface area contributed by atoms with Gasteiger partial charge >= 0.3 is 0 Å². The fraction of sp³-hybridized carbons (Fsp3) is 0.500. The zero-order valence-corrected chi connectivity index (χ0v) is 12.9. The average molecular weight is 296 g/mol. The molecule has 0 spiro atoms. The smallest absolute Gasteiger partial charge is 0.209 e. The van der Waals surface area contributed by atoms with Crippen molar-refractivity contribution in [3.63, 3.8) is 0 Å². The average Bonchev–Trinajstić information content (AvgIpc) is 2.80. The predicted octanol–water partition coefficient (Wildman–Crippen LogP) is 2.08. The number of sulfone groups is 1. The Hall–Kier alpha value is -1.40. The number of hydrogen-bond donors (Lipinski definition) is 0. The molecule has 1 unspecified atom stereocenters. The van der Waals surface area contributed by atoms with Crippen molar-refractivity contribution in [3.05, 3.63) is 30.2 Å². The first-order chi connectivity index (χ1) is 9.41. The molecule has 0 aliphatic heterocycles. The second-order valence-corrected chi connectivity index (χ2v) is 7.44. The number of aromatic nitrogens is 1. The second-order valence-electron chi connectivity index (χ2n) is 5.04. The SMILES string of the molecule is CCS(=O)(=O)CC(C)N(C)Cc1nc2ccccc2o1. The Kier molecular flexibility index (Phi) is 4.45. The molecule has 110 valence electrons. The molecule has 6 heteroatoms. The number of oxazole rings is 1. The minimum atomic E-state index is -2.97. The van der Waals surface area contributed by atoms with Crippen LogP contribution in [0.25, 0.3) is 11.1 Å². The summed E-state index contributed by atoms with van der Waals surface area (Å²) < 4.78 is 28.9. The number of benzene rings is 1. The molecule has 0 saturated heterocycles. The number of hydrogen-bond acceptors (Lipinski definition) is 5. The molecule has 2 aromatic rings. The molecule has 1 aromatic carbocycles. The number of fused-ring (bicyclic) bond motifs is 1. The van der Waals surface area contributed by atoms with Gasteiger partial charge in [0.15, 0.2) is 15.4 Å². The Morgan fingerprint density at radius 1 is 1.35 bits per heavy atom. The first-order valence-corrected chi connectivity index (χ1v) is 8.48. The first-order valence-electron chi connectivity index (χ1n) is 6.66. The second kappa shape index (κ2) is 5.93. The van der Waals surface area contributed by atoms with Crippen molar-refractivity contribution in [2.45, 2.75) is 26.4 Å². The normalized spacial score (nSPS) is 14.0. The quantitative estimate of drug-likeness (QED) is 0.816. The van der Waals surface area contributed by atoms with Crippen LogP contribution >= 0.6 is 0 Å². The van der Waals surface area contributed by atoms with Gasteiger partial charge in [-0.15, -0.1) is 0 Å². The summed E-state index contributed by atoms with van der Waals surface area (Å²) in [6, 6.07) is 7.51. The molecular formula is C14H20N2O3S. The molecule has 0 bridgehead atoms. The Labute approximate surface area is 119 Å². The predicted molar refractivity (Wildman–Crippen MR) is 79.3 cm³/mol. The summed E-state index contributed by atoms with van der Waals surface area (Å²) in [5.74, 6) is 0.934. The zero-order valence-electron chi connectivity index (χ0n) is 12.0. The van der Waals surface area contributed by atoms with E-state index < -0.39 is 9.84 Å². The maximum atomic E-state index is 11.6. The zero-order chi connectivity index (χ0) is 14.8. The lowest BCUT2D eigenvalue weighted by molar-refractivity contribution is 0.243. The van der Waals surface area contributed by atoms with E-state index in [2.05, 4.69) is 4.98 Å². The minimum absolute atomic E-state index is 0.0741. The van der Waals surface area contributed by atoms with Crippen molar-refractivity contribution in [1.82, 2.24) is 9.88 Å². The van der Waals surface area contributed by atoms with E-state index in [4.69, 9.17) is 4.42 Å². The molecule has 0 N–H and O–H groups in total. The number of nitrogens with zero attached hydrogens (tertiary/aromatic N) is 2. The molecule has 0 aliphatic rings. The van der Waals surface area contributed by atoms with Gasteiger partial charge in [-0.3, -0.25) is 4.90 Å². The third-order valence-corrected chi connectivity index (χ3v) is 5.28. The van der Waals surface area contributed by atoms with Crippen LogP contribution < -0.4 is 0 Å². The molecule has 0 radical (unpaired) electrons. The van der Waals surface area contributed by atoms with Crippen LogP contribution in [0.5, 0.6) is 0 Å². The van der Waals surface area contributed by atoms with Crippen molar-refractivity contribution >= 4 is 20.9 Å². The van der Waals surface area contributed by atoms with E-state index >= 15 is 0 Å². The van der Waals surface area contributed by atoms with E-state index in [0.29, 0.717) is 12.4 Å². The molecule has 1 atom stereocenters. The van der Waals surface area contributed by atoms with Crippen LogP contribution in [-0.4, -0.2) is 42.9 Å². The van der Waals surface area contributed by atoms with Gasteiger partial charge in [0, 0.05) is 11.8 Å². The molecule has 0 aliphatic carbocycles. The topological polar surface area (TPSA) is 63.4 Å². The third-order valence-electron chi connectivity index (χ3n) is 3.41. The Bertz CT molecular complexity index is 646. The lowest BCUT2D eigenvalue weighted by Crippen LogP contribution is -2.35. The van der Waals surface area contributed by atoms with E-state index in [9.17, 15) is 8.42 Å². The Balaban J connectivity index is 2.05. The van der Waals surface area contributed by atoms with Crippen LogP contribution in [0, 0.1) is 0 Å². The monoisotopic (exact) mass is 296 g/mol. The molecule has 1 heterocycles. The van der Waals surface area contributed by atoms with Crippen LogP contribution in [0.15, 0.2) is 28.7 Å². The van der Waals surface area contributed by atoms with Gasteiger partial charge < -0.3 is 4.42 Å². The van der Waals surface area contributed by atoms with Gasteiger partial charge in [-0.1, -0.05) is 19.1 Å². The lowest BCUT2D eigenvalue weighted by atomic mass is 10.3. The highest BCUT2D eigenvalue weighted by Gasteiger charge is 2.19. The highest BCUT2D eigenvalue weighted by atomic mass is 32.2. The van der Waals surface area contributed by atoms with Crippen LogP contribution in [-0.2, 0) is 16.4 Å². The highest BCUT2D eigenvalue weighted by molar-refractivity contribution is 7.91. The molecule has 5 nitrogen and oxygen atoms in total. The minimum Gasteiger partial charge on any atom is -0.439 e. The van der Waals surface area contributed by atoms with Crippen LogP contribution in [0.1, 0.15) is 19.7 Å². The van der Waals surface area contributed by atoms with Crippen molar-refractivity contribution in [2.24, 2.45) is 0 Å². The summed E-state index contributed by atoms with van der Waals surface area (Å²) in [6.45, 7) is 4.06. The lowest BCUT2D eigenvalue weighted by Gasteiger charge is -2.22. The van der Waals surface area contributed by atoms with Crippen LogP contribution in [0.4, 0.5) is 0 Å². The Morgan fingerprint density at radius 2 is 2.05 bits per heavy atom. The number of rotatable bonds is 6. The summed E-state index contributed by atoms with van der Waals surface area (Å²) in [6.07, 6.45) is 0. The van der Waals surface area contributed by atoms with Gasteiger partial charge in [-0.2, -0.15) is 0 Å². The van der Waals surface area contributed by atoms with Crippen molar-refractivity contribution < 1.29 is 12.8 Å². The van der Waals surface area contributed by atoms with Crippen molar-refractivity contribution in [2.75, 3.05) is 18.6 Å². The molecule has 0 saturated carbocycles. The van der Waals surface area contributed by atoms with E-state index in [1.807, 2.05) is 43.1 Å². The molecule has 0 amide bonds. The van der Waals surface area contributed by atoms with Gasteiger partial charge in [-0.05, 0) is 26.1 Å². The summed E-state index contributed by atoms with van der Waals surface area (Å²) in [4.78, 5) is 6.34. The third kappa shape index (κ3) is 3.58. The van der Waals surface area contributed by atoms with E-state index in [0.717, 1.165) is 11.1 Å². The molecular weight excluding hydrogens is 276 g/mol. The summed E-state index contributed by atoms with van der Waals surface area (Å²) in [5, 5.41) is 0. The van der Waals surface area contributed by atoms with Gasteiger partial charge in [0.2, 0.25) is 5.89 Å². The summed E-state index contributed by atoms with van der Waals surface area (Å²) >= 11 is 0. The van der Waals surface area contributed by atoms with E-state index in [-0.39, 0.29) is 17.5 Å². The highest BCUT2D eigenvalue weighted by Crippen LogP contribution is 2.16. The molecule has 2 rings (SSSR count). The maximum Gasteiger partial charge on any atom is 0.209 e. The van der Waals surface area contributed by atoms with E-state index in [1.165, 1.54) is 0 Å². The van der Waals surface area contributed by atoms with Crippen molar-refractivity contribution in [1.29, 1.82) is 0 Å². The van der Waals surface area contributed by atoms with Crippen LogP contribution in [0.2, 0.25) is 0 Å². The maximum absolute atomic E-state index is 11.6. The Morgan fingerprint density at radius 3 is 2.70 bits per heavy atom. The van der Waals surface area contributed by atoms with E-state index in [1.54, 1.807) is 6.92 Å². The van der Waals surface area contributed by atoms with Crippen molar-refractivity contribution in [3.8, 4) is 0 Å². The summed E-state index contributed by atoms with van der Waals surface area (Å²) in [5.41, 5.74) is 1.58. The fourth-order valence-electron chi connectivity index (χ4n) is 1.97.